The Morgan fingerprint density at radius 1 is 1.17 bits per heavy atom. The van der Waals surface area contributed by atoms with Gasteiger partial charge >= 0.3 is 0 Å². The van der Waals surface area contributed by atoms with Gasteiger partial charge in [0.15, 0.2) is 0 Å². The lowest BCUT2D eigenvalue weighted by Crippen LogP contribution is -2.24. The predicted molar refractivity (Wildman–Crippen MR) is 93.9 cm³/mol. The Morgan fingerprint density at radius 2 is 1.87 bits per heavy atom. The van der Waals surface area contributed by atoms with Gasteiger partial charge in [-0.1, -0.05) is 35.9 Å². The molecular formula is C17H18ClNO3S. The number of nitrogens with zero attached hydrogens (tertiary/aromatic N) is 1. The highest BCUT2D eigenvalue weighted by Gasteiger charge is 2.14. The molecule has 2 rings (SSSR count). The van der Waals surface area contributed by atoms with Crippen molar-refractivity contribution in [1.29, 1.82) is 0 Å². The van der Waals surface area contributed by atoms with E-state index >= 15 is 0 Å². The summed E-state index contributed by atoms with van der Waals surface area (Å²) >= 11 is 5.81. The van der Waals surface area contributed by atoms with Crippen LogP contribution in [-0.2, 0) is 16.6 Å². The Labute approximate surface area is 142 Å². The van der Waals surface area contributed by atoms with Crippen molar-refractivity contribution in [1.82, 2.24) is 4.31 Å². The third-order valence-electron chi connectivity index (χ3n) is 3.28. The van der Waals surface area contributed by atoms with Crippen molar-refractivity contribution in [2.45, 2.75) is 6.54 Å². The van der Waals surface area contributed by atoms with Crippen molar-refractivity contribution in [2.24, 2.45) is 0 Å². The zero-order chi connectivity index (χ0) is 16.9. The molecule has 0 heterocycles. The van der Waals surface area contributed by atoms with E-state index in [0.717, 1.165) is 11.1 Å². The molecule has 0 spiro atoms. The molecule has 0 saturated heterocycles. The first-order valence-electron chi connectivity index (χ1n) is 6.93. The first kappa shape index (κ1) is 17.5. The van der Waals surface area contributed by atoms with Gasteiger partial charge in [0.25, 0.3) is 0 Å². The van der Waals surface area contributed by atoms with E-state index in [0.29, 0.717) is 10.8 Å². The minimum absolute atomic E-state index is 0.268. The SMILES string of the molecule is COc1cccc(CN(C)S(=O)(=O)/C=C/c2ccc(Cl)cc2)c1. The van der Waals surface area contributed by atoms with Crippen LogP contribution in [0.1, 0.15) is 11.1 Å². The van der Waals surface area contributed by atoms with Crippen molar-refractivity contribution < 1.29 is 13.2 Å². The maximum Gasteiger partial charge on any atom is 0.236 e. The van der Waals surface area contributed by atoms with Crippen molar-refractivity contribution in [2.75, 3.05) is 14.2 Å². The summed E-state index contributed by atoms with van der Waals surface area (Å²) in [6.45, 7) is 0.268. The number of halogens is 1. The molecule has 0 bridgehead atoms. The summed E-state index contributed by atoms with van der Waals surface area (Å²) in [6, 6.07) is 14.3. The molecular weight excluding hydrogens is 334 g/mol. The summed E-state index contributed by atoms with van der Waals surface area (Å²) < 4.78 is 31.1. The number of ether oxygens (including phenoxy) is 1. The summed E-state index contributed by atoms with van der Waals surface area (Å²) in [5, 5.41) is 1.80. The molecule has 0 amide bonds. The number of sulfonamides is 1. The Hall–Kier alpha value is -1.82. The second-order valence-electron chi connectivity index (χ2n) is 5.01. The summed E-state index contributed by atoms with van der Waals surface area (Å²) in [7, 11) is -0.387. The van der Waals surface area contributed by atoms with Gasteiger partial charge in [-0.25, -0.2) is 8.42 Å². The summed E-state index contributed by atoms with van der Waals surface area (Å²) in [5.74, 6) is 0.699. The lowest BCUT2D eigenvalue weighted by molar-refractivity contribution is 0.412. The first-order chi connectivity index (χ1) is 10.9. The molecule has 0 radical (unpaired) electrons. The van der Waals surface area contributed by atoms with Crippen LogP contribution in [0, 0.1) is 0 Å². The summed E-state index contributed by atoms with van der Waals surface area (Å²) in [4.78, 5) is 0. The normalized spacial score (nSPS) is 12.0. The van der Waals surface area contributed by atoms with Gasteiger partial charge in [-0.05, 0) is 41.5 Å². The number of hydrogen-bond donors (Lipinski definition) is 0. The summed E-state index contributed by atoms with van der Waals surface area (Å²) in [6.07, 6.45) is 1.55. The molecule has 23 heavy (non-hydrogen) atoms. The van der Waals surface area contributed by atoms with Gasteiger partial charge < -0.3 is 4.74 Å². The van der Waals surface area contributed by atoms with E-state index in [1.807, 2.05) is 24.3 Å². The fraction of sp³-hybridized carbons (Fsp3) is 0.176. The van der Waals surface area contributed by atoms with Crippen LogP contribution in [0.3, 0.4) is 0 Å². The smallest absolute Gasteiger partial charge is 0.236 e. The molecule has 0 saturated carbocycles. The number of methoxy groups -OCH3 is 1. The molecule has 6 heteroatoms. The largest absolute Gasteiger partial charge is 0.497 e. The van der Waals surface area contributed by atoms with Crippen molar-refractivity contribution >= 4 is 27.7 Å². The molecule has 0 fully saturated rings. The molecule has 0 atom stereocenters. The fourth-order valence-corrected chi connectivity index (χ4v) is 2.95. The standard InChI is InChI=1S/C17H18ClNO3S/c1-19(13-15-4-3-5-17(12-15)22-2)23(20,21)11-10-14-6-8-16(18)9-7-14/h3-12H,13H2,1-2H3/b11-10+. The molecule has 4 nitrogen and oxygen atoms in total. The highest BCUT2D eigenvalue weighted by atomic mass is 35.5. The molecule has 0 aliphatic rings. The molecule has 0 N–H and O–H groups in total. The van der Waals surface area contributed by atoms with E-state index in [1.54, 1.807) is 44.5 Å². The predicted octanol–water partition coefficient (Wildman–Crippen LogP) is 3.78. The van der Waals surface area contributed by atoms with E-state index in [-0.39, 0.29) is 6.54 Å². The fourth-order valence-electron chi connectivity index (χ4n) is 1.96. The van der Waals surface area contributed by atoms with Crippen LogP contribution in [0.2, 0.25) is 5.02 Å². The van der Waals surface area contributed by atoms with E-state index in [9.17, 15) is 8.42 Å². The van der Waals surface area contributed by atoms with Crippen LogP contribution >= 0.6 is 11.6 Å². The quantitative estimate of drug-likeness (QED) is 0.795. The third-order valence-corrected chi connectivity index (χ3v) is 5.01. The van der Waals surface area contributed by atoms with Crippen LogP contribution in [0.25, 0.3) is 6.08 Å². The van der Waals surface area contributed by atoms with Gasteiger partial charge in [0.2, 0.25) is 10.0 Å². The molecule has 0 aromatic heterocycles. The van der Waals surface area contributed by atoms with E-state index in [4.69, 9.17) is 16.3 Å². The molecule has 2 aromatic rings. The van der Waals surface area contributed by atoms with Gasteiger partial charge in [-0.15, -0.1) is 0 Å². The van der Waals surface area contributed by atoms with Crippen LogP contribution in [-0.4, -0.2) is 26.9 Å². The first-order valence-corrected chi connectivity index (χ1v) is 8.82. The number of rotatable bonds is 6. The zero-order valence-electron chi connectivity index (χ0n) is 12.9. The van der Waals surface area contributed by atoms with E-state index in [1.165, 1.54) is 9.71 Å². The lowest BCUT2D eigenvalue weighted by atomic mass is 10.2. The Kier molecular flexibility index (Phi) is 5.82. The van der Waals surface area contributed by atoms with Gasteiger partial charge in [-0.3, -0.25) is 0 Å². The zero-order valence-corrected chi connectivity index (χ0v) is 14.5. The van der Waals surface area contributed by atoms with Crippen molar-refractivity contribution in [3.05, 3.63) is 70.1 Å². The van der Waals surface area contributed by atoms with Crippen molar-refractivity contribution in [3.8, 4) is 5.75 Å². The lowest BCUT2D eigenvalue weighted by Gasteiger charge is -2.15. The van der Waals surface area contributed by atoms with Crippen LogP contribution in [0.15, 0.2) is 53.9 Å². The monoisotopic (exact) mass is 351 g/mol. The highest BCUT2D eigenvalue weighted by molar-refractivity contribution is 7.92. The van der Waals surface area contributed by atoms with E-state index in [2.05, 4.69) is 0 Å². The second-order valence-corrected chi connectivity index (χ2v) is 7.37. The van der Waals surface area contributed by atoms with Gasteiger partial charge in [0, 0.05) is 24.0 Å². The molecule has 0 unspecified atom stereocenters. The Bertz CT molecular complexity index is 786. The van der Waals surface area contributed by atoms with Crippen LogP contribution in [0.5, 0.6) is 5.75 Å². The number of hydrogen-bond acceptors (Lipinski definition) is 3. The molecule has 0 aliphatic heterocycles. The Morgan fingerprint density at radius 3 is 2.52 bits per heavy atom. The minimum atomic E-state index is -3.51. The average Bonchev–Trinajstić information content (AvgIpc) is 2.54. The highest BCUT2D eigenvalue weighted by Crippen LogP contribution is 2.16. The van der Waals surface area contributed by atoms with Crippen LogP contribution in [0.4, 0.5) is 0 Å². The average molecular weight is 352 g/mol. The second kappa shape index (κ2) is 7.64. The molecule has 0 aliphatic carbocycles. The third kappa shape index (κ3) is 5.10. The molecule has 2 aromatic carbocycles. The minimum Gasteiger partial charge on any atom is -0.497 e. The van der Waals surface area contributed by atoms with Gasteiger partial charge in [0.1, 0.15) is 5.75 Å². The summed E-state index contributed by atoms with van der Waals surface area (Å²) in [5.41, 5.74) is 1.63. The van der Waals surface area contributed by atoms with Crippen LogP contribution < -0.4 is 4.74 Å². The van der Waals surface area contributed by atoms with Gasteiger partial charge in [0.05, 0.1) is 7.11 Å². The maximum absolute atomic E-state index is 12.3. The molecule has 122 valence electrons. The topological polar surface area (TPSA) is 46.6 Å². The number of benzene rings is 2. The van der Waals surface area contributed by atoms with Gasteiger partial charge in [-0.2, -0.15) is 4.31 Å². The maximum atomic E-state index is 12.3. The Balaban J connectivity index is 2.10. The van der Waals surface area contributed by atoms with Crippen molar-refractivity contribution in [3.63, 3.8) is 0 Å². The van der Waals surface area contributed by atoms with E-state index < -0.39 is 10.0 Å².